The summed E-state index contributed by atoms with van der Waals surface area (Å²) in [6.45, 7) is 1.55. The molecule has 1 aromatic heterocycles. The Balaban J connectivity index is 1.75. The molecule has 0 atom stereocenters. The Morgan fingerprint density at radius 2 is 2.16 bits per heavy atom. The summed E-state index contributed by atoms with van der Waals surface area (Å²) < 4.78 is 2.11. The molecule has 2 aromatic rings. The van der Waals surface area contributed by atoms with Gasteiger partial charge in [-0.25, -0.2) is 4.98 Å². The number of aryl methyl sites for hydroxylation is 1. The predicted octanol–water partition coefficient (Wildman–Crippen LogP) is 2.56. The standard InChI is InChI=1S/C14H18ClN3O/c15-8-3-7-14(19)16-9-4-10-18-11-17-12-5-1-2-6-13(12)18/h1-2,5-6,11H,3-4,7-10H2,(H,16,19). The number of carbonyl (C=O) groups excluding carboxylic acids is 1. The molecule has 4 nitrogen and oxygen atoms in total. The van der Waals surface area contributed by atoms with Crippen molar-refractivity contribution in [2.75, 3.05) is 12.4 Å². The molecule has 1 aromatic carbocycles. The Kier molecular flexibility index (Phi) is 5.21. The summed E-state index contributed by atoms with van der Waals surface area (Å²) in [6, 6.07) is 8.05. The van der Waals surface area contributed by atoms with E-state index in [2.05, 4.69) is 20.9 Å². The van der Waals surface area contributed by atoms with Gasteiger partial charge in [-0.2, -0.15) is 0 Å². The van der Waals surface area contributed by atoms with E-state index >= 15 is 0 Å². The molecule has 0 unspecified atom stereocenters. The maximum atomic E-state index is 11.4. The third-order valence-electron chi connectivity index (χ3n) is 2.96. The van der Waals surface area contributed by atoms with Crippen molar-refractivity contribution in [2.45, 2.75) is 25.8 Å². The zero-order valence-electron chi connectivity index (χ0n) is 10.8. The summed E-state index contributed by atoms with van der Waals surface area (Å²) >= 11 is 5.54. The lowest BCUT2D eigenvalue weighted by Gasteiger charge is -2.06. The summed E-state index contributed by atoms with van der Waals surface area (Å²) in [5.74, 6) is 0.616. The van der Waals surface area contributed by atoms with Crippen LogP contribution >= 0.6 is 11.6 Å². The Morgan fingerprint density at radius 3 is 3.00 bits per heavy atom. The highest BCUT2D eigenvalue weighted by Crippen LogP contribution is 2.11. The van der Waals surface area contributed by atoms with E-state index in [4.69, 9.17) is 11.6 Å². The third kappa shape index (κ3) is 3.96. The molecule has 0 fully saturated rings. The number of hydrogen-bond acceptors (Lipinski definition) is 2. The van der Waals surface area contributed by atoms with Crippen LogP contribution in [0.15, 0.2) is 30.6 Å². The van der Waals surface area contributed by atoms with Crippen molar-refractivity contribution in [1.82, 2.24) is 14.9 Å². The van der Waals surface area contributed by atoms with Crippen LogP contribution in [0.25, 0.3) is 11.0 Å². The van der Waals surface area contributed by atoms with Crippen LogP contribution in [-0.2, 0) is 11.3 Å². The fourth-order valence-corrected chi connectivity index (χ4v) is 2.12. The first-order valence-corrected chi connectivity index (χ1v) is 7.07. The molecular formula is C14H18ClN3O. The van der Waals surface area contributed by atoms with Gasteiger partial charge in [0.15, 0.2) is 0 Å². The minimum Gasteiger partial charge on any atom is -0.356 e. The van der Waals surface area contributed by atoms with E-state index in [0.717, 1.165) is 30.4 Å². The molecule has 1 N–H and O–H groups in total. The molecule has 5 heteroatoms. The molecule has 2 rings (SSSR count). The molecule has 0 saturated heterocycles. The van der Waals surface area contributed by atoms with Crippen molar-refractivity contribution in [3.05, 3.63) is 30.6 Å². The van der Waals surface area contributed by atoms with Crippen LogP contribution in [0.1, 0.15) is 19.3 Å². The topological polar surface area (TPSA) is 46.9 Å². The normalized spacial score (nSPS) is 10.8. The molecule has 0 saturated carbocycles. The number of nitrogens with zero attached hydrogens (tertiary/aromatic N) is 2. The molecule has 1 heterocycles. The first-order chi connectivity index (χ1) is 9.31. The van der Waals surface area contributed by atoms with Gasteiger partial charge in [-0.05, 0) is 25.0 Å². The van der Waals surface area contributed by atoms with E-state index in [1.807, 2.05) is 24.5 Å². The second kappa shape index (κ2) is 7.14. The van der Waals surface area contributed by atoms with Gasteiger partial charge in [0.05, 0.1) is 17.4 Å². The summed E-state index contributed by atoms with van der Waals surface area (Å²) in [6.07, 6.45) is 3.99. The zero-order chi connectivity index (χ0) is 13.5. The van der Waals surface area contributed by atoms with Crippen molar-refractivity contribution in [1.29, 1.82) is 0 Å². The van der Waals surface area contributed by atoms with E-state index in [-0.39, 0.29) is 5.91 Å². The van der Waals surface area contributed by atoms with Gasteiger partial charge in [-0.3, -0.25) is 4.79 Å². The Hall–Kier alpha value is -1.55. The maximum absolute atomic E-state index is 11.4. The molecule has 0 aliphatic heterocycles. The van der Waals surface area contributed by atoms with Crippen LogP contribution in [0.4, 0.5) is 0 Å². The van der Waals surface area contributed by atoms with Crippen molar-refractivity contribution in [3.8, 4) is 0 Å². The van der Waals surface area contributed by atoms with Gasteiger partial charge in [0.25, 0.3) is 0 Å². The number of halogens is 1. The number of rotatable bonds is 7. The van der Waals surface area contributed by atoms with Crippen LogP contribution < -0.4 is 5.32 Å². The highest BCUT2D eigenvalue weighted by molar-refractivity contribution is 6.17. The van der Waals surface area contributed by atoms with Crippen molar-refractivity contribution in [2.24, 2.45) is 0 Å². The number of nitrogens with one attached hydrogen (secondary N) is 1. The molecule has 19 heavy (non-hydrogen) atoms. The van der Waals surface area contributed by atoms with Crippen molar-refractivity contribution < 1.29 is 4.79 Å². The predicted molar refractivity (Wildman–Crippen MR) is 77.3 cm³/mol. The van der Waals surface area contributed by atoms with Crippen LogP contribution in [0.5, 0.6) is 0 Å². The molecule has 1 amide bonds. The van der Waals surface area contributed by atoms with Crippen LogP contribution in [0.2, 0.25) is 0 Å². The second-order valence-corrected chi connectivity index (χ2v) is 4.80. The lowest BCUT2D eigenvalue weighted by Crippen LogP contribution is -2.24. The largest absolute Gasteiger partial charge is 0.356 e. The van der Waals surface area contributed by atoms with Crippen LogP contribution in [0.3, 0.4) is 0 Å². The first-order valence-electron chi connectivity index (χ1n) is 6.54. The average molecular weight is 280 g/mol. The van der Waals surface area contributed by atoms with Gasteiger partial charge in [0.2, 0.25) is 5.91 Å². The second-order valence-electron chi connectivity index (χ2n) is 4.42. The number of imidazole rings is 1. The third-order valence-corrected chi connectivity index (χ3v) is 3.23. The van der Waals surface area contributed by atoms with Crippen molar-refractivity contribution >= 4 is 28.5 Å². The van der Waals surface area contributed by atoms with E-state index < -0.39 is 0 Å². The minimum absolute atomic E-state index is 0.0798. The molecule has 0 aliphatic carbocycles. The lowest BCUT2D eigenvalue weighted by atomic mass is 10.3. The summed E-state index contributed by atoms with van der Waals surface area (Å²) in [7, 11) is 0. The van der Waals surface area contributed by atoms with Gasteiger partial charge in [0.1, 0.15) is 0 Å². The van der Waals surface area contributed by atoms with Gasteiger partial charge >= 0.3 is 0 Å². The zero-order valence-corrected chi connectivity index (χ0v) is 11.6. The van der Waals surface area contributed by atoms with Gasteiger partial charge in [-0.1, -0.05) is 12.1 Å². The molecular weight excluding hydrogens is 262 g/mol. The van der Waals surface area contributed by atoms with Crippen LogP contribution in [0, 0.1) is 0 Å². The summed E-state index contributed by atoms with van der Waals surface area (Å²) in [5, 5.41) is 2.90. The monoisotopic (exact) mass is 279 g/mol. The lowest BCUT2D eigenvalue weighted by molar-refractivity contribution is -0.121. The first kappa shape index (κ1) is 13.9. The highest BCUT2D eigenvalue weighted by Gasteiger charge is 2.02. The quantitative estimate of drug-likeness (QED) is 0.625. The number of fused-ring (bicyclic) bond motifs is 1. The van der Waals surface area contributed by atoms with E-state index in [9.17, 15) is 4.79 Å². The van der Waals surface area contributed by atoms with E-state index in [0.29, 0.717) is 18.8 Å². The van der Waals surface area contributed by atoms with E-state index in [1.165, 1.54) is 0 Å². The molecule has 0 aliphatic rings. The molecule has 102 valence electrons. The number of carbonyl (C=O) groups is 1. The number of aromatic nitrogens is 2. The Bertz CT molecular complexity index is 538. The fraction of sp³-hybridized carbons (Fsp3) is 0.429. The molecule has 0 spiro atoms. The fourth-order valence-electron chi connectivity index (χ4n) is 1.98. The molecule has 0 radical (unpaired) electrons. The number of amides is 1. The number of para-hydroxylation sites is 2. The number of alkyl halides is 1. The molecule has 0 bridgehead atoms. The highest BCUT2D eigenvalue weighted by atomic mass is 35.5. The van der Waals surface area contributed by atoms with E-state index in [1.54, 1.807) is 0 Å². The Morgan fingerprint density at radius 1 is 1.32 bits per heavy atom. The number of benzene rings is 1. The van der Waals surface area contributed by atoms with Gasteiger partial charge < -0.3 is 9.88 Å². The average Bonchev–Trinajstić information content (AvgIpc) is 2.85. The smallest absolute Gasteiger partial charge is 0.220 e. The Labute approximate surface area is 117 Å². The minimum atomic E-state index is 0.0798. The van der Waals surface area contributed by atoms with Crippen molar-refractivity contribution in [3.63, 3.8) is 0 Å². The van der Waals surface area contributed by atoms with Gasteiger partial charge in [0, 0.05) is 25.4 Å². The summed E-state index contributed by atoms with van der Waals surface area (Å²) in [5.41, 5.74) is 2.14. The van der Waals surface area contributed by atoms with Crippen LogP contribution in [-0.4, -0.2) is 27.9 Å². The maximum Gasteiger partial charge on any atom is 0.220 e. The SMILES string of the molecule is O=C(CCCCl)NCCCn1cnc2ccccc21. The summed E-state index contributed by atoms with van der Waals surface area (Å²) in [4.78, 5) is 15.7. The van der Waals surface area contributed by atoms with Gasteiger partial charge in [-0.15, -0.1) is 11.6 Å². The number of hydrogen-bond donors (Lipinski definition) is 1.